The lowest BCUT2D eigenvalue weighted by Crippen LogP contribution is -2.51. The zero-order chi connectivity index (χ0) is 28.2. The smallest absolute Gasteiger partial charge is 0.311 e. The van der Waals surface area contributed by atoms with Crippen LogP contribution in [0.1, 0.15) is 36.5 Å². The molecule has 0 aliphatic carbocycles. The van der Waals surface area contributed by atoms with E-state index in [2.05, 4.69) is 5.32 Å². The zero-order valence-corrected chi connectivity index (χ0v) is 22.6. The van der Waals surface area contributed by atoms with Crippen LogP contribution in [-0.4, -0.2) is 47.9 Å². The molecule has 0 aliphatic rings. The summed E-state index contributed by atoms with van der Waals surface area (Å²) in [6.45, 7) is 4.40. The van der Waals surface area contributed by atoms with Crippen LogP contribution >= 0.6 is 0 Å². The molecule has 0 saturated carbocycles. The number of carbonyl (C=O) groups is 2. The summed E-state index contributed by atoms with van der Waals surface area (Å²) in [4.78, 5) is 39.3. The van der Waals surface area contributed by atoms with E-state index in [1.165, 1.54) is 25.3 Å². The quantitative estimate of drug-likeness (QED) is 0.180. The van der Waals surface area contributed by atoms with Gasteiger partial charge in [0.1, 0.15) is 11.8 Å². The summed E-state index contributed by atoms with van der Waals surface area (Å²) in [7, 11) is 1.33. The van der Waals surface area contributed by atoms with Crippen LogP contribution in [0.4, 0.5) is 5.69 Å². The Morgan fingerprint density at radius 3 is 2.38 bits per heavy atom. The number of benzene rings is 3. The van der Waals surface area contributed by atoms with Gasteiger partial charge in [-0.3, -0.25) is 19.7 Å². The van der Waals surface area contributed by atoms with E-state index in [0.29, 0.717) is 13.0 Å². The van der Waals surface area contributed by atoms with Gasteiger partial charge in [-0.2, -0.15) is 0 Å². The van der Waals surface area contributed by atoms with Crippen molar-refractivity contribution in [3.63, 3.8) is 0 Å². The van der Waals surface area contributed by atoms with Crippen LogP contribution in [-0.2, 0) is 22.6 Å². The molecule has 0 bridgehead atoms. The normalized spacial score (nSPS) is 11.4. The third-order valence-electron chi connectivity index (χ3n) is 6.28. The van der Waals surface area contributed by atoms with Crippen LogP contribution in [0.2, 0.25) is 0 Å². The lowest BCUT2D eigenvalue weighted by molar-refractivity contribution is -0.385. The highest BCUT2D eigenvalue weighted by molar-refractivity contribution is 5.88. The minimum absolute atomic E-state index is 0.0266. The Morgan fingerprint density at radius 2 is 1.74 bits per heavy atom. The minimum atomic E-state index is -0.770. The fourth-order valence-electron chi connectivity index (χ4n) is 4.08. The molecule has 0 fully saturated rings. The van der Waals surface area contributed by atoms with Crippen molar-refractivity contribution in [3.8, 4) is 11.5 Å². The van der Waals surface area contributed by atoms with Gasteiger partial charge in [-0.25, -0.2) is 0 Å². The van der Waals surface area contributed by atoms with Crippen molar-refractivity contribution >= 4 is 17.5 Å². The largest absolute Gasteiger partial charge is 0.490 e. The topological polar surface area (TPSA) is 111 Å². The molecule has 1 unspecified atom stereocenters. The van der Waals surface area contributed by atoms with Gasteiger partial charge in [-0.05, 0) is 30.5 Å². The molecule has 2 amide bonds. The Bertz CT molecular complexity index is 1250. The van der Waals surface area contributed by atoms with Crippen molar-refractivity contribution in [3.05, 3.63) is 99.6 Å². The van der Waals surface area contributed by atoms with E-state index in [-0.39, 0.29) is 42.2 Å². The standard InChI is InChI=1S/C30H35N3O6/c1-4-5-17-31-30(35)27(18-23-9-7-6-8-10-23)32(20-24-13-11-22(2)12-14-24)29(34)21-39-25-15-16-26(33(36)37)28(19-25)38-3/h6-16,19,27H,4-5,17-18,20-21H2,1-3H3,(H,31,35). The van der Waals surface area contributed by atoms with E-state index in [1.807, 2.05) is 68.4 Å². The first-order valence-electron chi connectivity index (χ1n) is 12.9. The van der Waals surface area contributed by atoms with Crippen LogP contribution in [0.3, 0.4) is 0 Å². The minimum Gasteiger partial charge on any atom is -0.490 e. The zero-order valence-electron chi connectivity index (χ0n) is 22.6. The molecule has 3 rings (SSSR count). The second-order valence-corrected chi connectivity index (χ2v) is 9.24. The third kappa shape index (κ3) is 8.56. The van der Waals surface area contributed by atoms with Crippen LogP contribution in [0.25, 0.3) is 0 Å². The van der Waals surface area contributed by atoms with Crippen molar-refractivity contribution in [2.45, 2.75) is 45.7 Å². The highest BCUT2D eigenvalue weighted by Crippen LogP contribution is 2.30. The first kappa shape index (κ1) is 29.2. The molecule has 3 aromatic carbocycles. The number of methoxy groups -OCH3 is 1. The van der Waals surface area contributed by atoms with Crippen LogP contribution in [0.15, 0.2) is 72.8 Å². The fraction of sp³-hybridized carbons (Fsp3) is 0.333. The van der Waals surface area contributed by atoms with Gasteiger partial charge in [0.2, 0.25) is 11.7 Å². The van der Waals surface area contributed by atoms with Gasteiger partial charge in [0.05, 0.1) is 12.0 Å². The Labute approximate surface area is 228 Å². The van der Waals surface area contributed by atoms with Crippen molar-refractivity contribution in [2.24, 2.45) is 0 Å². The number of nitro groups is 1. The monoisotopic (exact) mass is 533 g/mol. The molecular weight excluding hydrogens is 498 g/mol. The average Bonchev–Trinajstić information content (AvgIpc) is 2.94. The summed E-state index contributed by atoms with van der Waals surface area (Å²) < 4.78 is 10.8. The molecule has 9 heteroatoms. The van der Waals surface area contributed by atoms with Gasteiger partial charge >= 0.3 is 5.69 Å². The highest BCUT2D eigenvalue weighted by Gasteiger charge is 2.30. The third-order valence-corrected chi connectivity index (χ3v) is 6.28. The van der Waals surface area contributed by atoms with E-state index in [0.717, 1.165) is 29.5 Å². The molecule has 1 atom stereocenters. The summed E-state index contributed by atoms with van der Waals surface area (Å²) in [6, 6.07) is 20.6. The maximum atomic E-state index is 13.7. The Kier molecular flexibility index (Phi) is 10.9. The molecule has 1 N–H and O–H groups in total. The number of hydrogen-bond donors (Lipinski definition) is 1. The van der Waals surface area contributed by atoms with Crippen molar-refractivity contribution in [1.82, 2.24) is 10.2 Å². The number of nitrogens with zero attached hydrogens (tertiary/aromatic N) is 2. The maximum absolute atomic E-state index is 13.7. The predicted octanol–water partition coefficient (Wildman–Crippen LogP) is 4.85. The molecule has 0 saturated heterocycles. The number of unbranched alkanes of at least 4 members (excludes halogenated alkanes) is 1. The number of nitrogens with one attached hydrogen (secondary N) is 1. The molecule has 0 aromatic heterocycles. The number of carbonyl (C=O) groups excluding carboxylic acids is 2. The molecule has 0 radical (unpaired) electrons. The van der Waals surface area contributed by atoms with Crippen LogP contribution < -0.4 is 14.8 Å². The van der Waals surface area contributed by atoms with Gasteiger partial charge in [0, 0.05) is 31.6 Å². The molecule has 0 aliphatic heterocycles. The Balaban J connectivity index is 1.89. The summed E-state index contributed by atoms with van der Waals surface area (Å²) in [5.41, 5.74) is 2.69. The predicted molar refractivity (Wildman–Crippen MR) is 149 cm³/mol. The maximum Gasteiger partial charge on any atom is 0.311 e. The fourth-order valence-corrected chi connectivity index (χ4v) is 4.08. The lowest BCUT2D eigenvalue weighted by Gasteiger charge is -2.31. The number of hydrogen-bond acceptors (Lipinski definition) is 6. The van der Waals surface area contributed by atoms with Gasteiger partial charge in [-0.15, -0.1) is 0 Å². The average molecular weight is 534 g/mol. The van der Waals surface area contributed by atoms with E-state index in [9.17, 15) is 19.7 Å². The summed E-state index contributed by atoms with van der Waals surface area (Å²) in [5, 5.41) is 14.2. The second-order valence-electron chi connectivity index (χ2n) is 9.24. The van der Waals surface area contributed by atoms with Gasteiger partial charge < -0.3 is 19.7 Å². The van der Waals surface area contributed by atoms with Crippen LogP contribution in [0.5, 0.6) is 11.5 Å². The van der Waals surface area contributed by atoms with Crippen molar-refractivity contribution in [1.29, 1.82) is 0 Å². The van der Waals surface area contributed by atoms with Gasteiger partial charge in [0.25, 0.3) is 5.91 Å². The lowest BCUT2D eigenvalue weighted by atomic mass is 10.0. The van der Waals surface area contributed by atoms with Crippen molar-refractivity contribution in [2.75, 3.05) is 20.3 Å². The number of aryl methyl sites for hydroxylation is 1. The molecular formula is C30H35N3O6. The SMILES string of the molecule is CCCCNC(=O)C(Cc1ccccc1)N(Cc1ccc(C)cc1)C(=O)COc1ccc([N+](=O)[O-])c(OC)c1. The number of rotatable bonds is 14. The highest BCUT2D eigenvalue weighted by atomic mass is 16.6. The summed E-state index contributed by atoms with van der Waals surface area (Å²) in [6.07, 6.45) is 2.10. The van der Waals surface area contributed by atoms with E-state index < -0.39 is 11.0 Å². The van der Waals surface area contributed by atoms with E-state index in [1.54, 1.807) is 4.90 Å². The number of nitro benzene ring substituents is 1. The molecule has 9 nitrogen and oxygen atoms in total. The van der Waals surface area contributed by atoms with E-state index in [4.69, 9.17) is 9.47 Å². The van der Waals surface area contributed by atoms with E-state index >= 15 is 0 Å². The van der Waals surface area contributed by atoms with Gasteiger partial charge in [0.15, 0.2) is 6.61 Å². The molecule has 39 heavy (non-hydrogen) atoms. The number of ether oxygens (including phenoxy) is 2. The molecule has 206 valence electrons. The van der Waals surface area contributed by atoms with Gasteiger partial charge in [-0.1, -0.05) is 73.5 Å². The van der Waals surface area contributed by atoms with Crippen molar-refractivity contribution < 1.29 is 24.0 Å². The number of amides is 2. The van der Waals surface area contributed by atoms with Crippen LogP contribution in [0, 0.1) is 17.0 Å². The molecule has 0 spiro atoms. The molecule has 3 aromatic rings. The first-order chi connectivity index (χ1) is 18.8. The Morgan fingerprint density at radius 1 is 1.03 bits per heavy atom. The summed E-state index contributed by atoms with van der Waals surface area (Å²) in [5.74, 6) is -0.351. The first-order valence-corrected chi connectivity index (χ1v) is 12.9. The molecule has 0 heterocycles. The second kappa shape index (κ2) is 14.5. The summed E-state index contributed by atoms with van der Waals surface area (Å²) >= 11 is 0. The Hall–Kier alpha value is -4.40.